The lowest BCUT2D eigenvalue weighted by molar-refractivity contribution is -0.141. The summed E-state index contributed by atoms with van der Waals surface area (Å²) in [6, 6.07) is 7.54. The molecule has 1 saturated carbocycles. The first-order valence-electron chi connectivity index (χ1n) is 9.97. The Balaban J connectivity index is 1.41. The molecule has 1 N–H and O–H groups in total. The van der Waals surface area contributed by atoms with Crippen molar-refractivity contribution in [1.82, 2.24) is 15.1 Å². The third-order valence-electron chi connectivity index (χ3n) is 6.34. The quantitative estimate of drug-likeness (QED) is 0.833. The van der Waals surface area contributed by atoms with Crippen molar-refractivity contribution in [3.8, 4) is 0 Å². The maximum absolute atomic E-state index is 13.0. The number of imide groups is 1. The van der Waals surface area contributed by atoms with Crippen molar-refractivity contribution in [1.29, 1.82) is 0 Å². The average Bonchev–Trinajstić information content (AvgIpc) is 3.28. The highest BCUT2D eigenvalue weighted by Gasteiger charge is 2.52. The Labute approximate surface area is 159 Å². The molecule has 1 aliphatic carbocycles. The summed E-state index contributed by atoms with van der Waals surface area (Å²) in [5.41, 5.74) is 1.25. The molecule has 3 aliphatic rings. The van der Waals surface area contributed by atoms with E-state index >= 15 is 0 Å². The van der Waals surface area contributed by atoms with Crippen LogP contribution in [0.1, 0.15) is 49.7 Å². The molecule has 6 heteroatoms. The van der Waals surface area contributed by atoms with Crippen LogP contribution in [0, 0.1) is 12.8 Å². The van der Waals surface area contributed by atoms with Gasteiger partial charge in [-0.15, -0.1) is 0 Å². The smallest absolute Gasteiger partial charge is 0.325 e. The van der Waals surface area contributed by atoms with Gasteiger partial charge >= 0.3 is 6.03 Å². The van der Waals surface area contributed by atoms with E-state index in [0.29, 0.717) is 25.9 Å². The maximum Gasteiger partial charge on any atom is 0.325 e. The first-order chi connectivity index (χ1) is 13.0. The molecule has 0 radical (unpaired) electrons. The fourth-order valence-corrected chi connectivity index (χ4v) is 4.57. The number of likely N-dealkylation sites (tertiary alicyclic amines) is 1. The van der Waals surface area contributed by atoms with Crippen molar-refractivity contribution < 1.29 is 14.4 Å². The van der Waals surface area contributed by atoms with Crippen LogP contribution in [0.15, 0.2) is 24.3 Å². The Morgan fingerprint density at radius 1 is 1.11 bits per heavy atom. The fourth-order valence-electron chi connectivity index (χ4n) is 4.57. The number of piperidine rings is 1. The Kier molecular flexibility index (Phi) is 4.66. The molecule has 6 nitrogen and oxygen atoms in total. The highest BCUT2D eigenvalue weighted by atomic mass is 16.2. The molecule has 0 aromatic heterocycles. The summed E-state index contributed by atoms with van der Waals surface area (Å²) >= 11 is 0. The molecule has 2 saturated heterocycles. The molecular weight excluding hydrogens is 342 g/mol. The number of hydrogen-bond donors (Lipinski definition) is 1. The van der Waals surface area contributed by atoms with Crippen molar-refractivity contribution in [2.24, 2.45) is 5.92 Å². The van der Waals surface area contributed by atoms with E-state index in [1.165, 1.54) is 4.90 Å². The molecule has 3 fully saturated rings. The highest BCUT2D eigenvalue weighted by molar-refractivity contribution is 6.07. The number of carbonyl (C=O) groups excluding carboxylic acids is 3. The van der Waals surface area contributed by atoms with Crippen LogP contribution in [-0.4, -0.2) is 46.3 Å². The first kappa shape index (κ1) is 18.0. The molecule has 1 aromatic carbocycles. The van der Waals surface area contributed by atoms with Crippen LogP contribution in [0.3, 0.4) is 0 Å². The van der Waals surface area contributed by atoms with Crippen LogP contribution >= 0.6 is 0 Å². The molecule has 27 heavy (non-hydrogen) atoms. The van der Waals surface area contributed by atoms with E-state index in [2.05, 4.69) is 5.32 Å². The van der Waals surface area contributed by atoms with Crippen LogP contribution in [0.2, 0.25) is 0 Å². The summed E-state index contributed by atoms with van der Waals surface area (Å²) in [4.78, 5) is 41.3. The highest BCUT2D eigenvalue weighted by Crippen LogP contribution is 2.33. The summed E-state index contributed by atoms with van der Waals surface area (Å²) < 4.78 is 0. The van der Waals surface area contributed by atoms with Gasteiger partial charge in [-0.05, 0) is 38.2 Å². The van der Waals surface area contributed by atoms with E-state index in [4.69, 9.17) is 0 Å². The Morgan fingerprint density at radius 3 is 2.37 bits per heavy atom. The van der Waals surface area contributed by atoms with Crippen molar-refractivity contribution in [3.05, 3.63) is 35.4 Å². The topological polar surface area (TPSA) is 69.7 Å². The number of aryl methyl sites for hydroxylation is 1. The number of nitrogens with one attached hydrogen (secondary N) is 1. The Hall–Kier alpha value is -2.37. The van der Waals surface area contributed by atoms with E-state index in [9.17, 15) is 14.4 Å². The van der Waals surface area contributed by atoms with E-state index in [0.717, 1.165) is 36.8 Å². The molecule has 0 atom stereocenters. The standard InChI is InChI=1S/C21H27N3O3/c1-15-6-8-16(9-7-15)14-24-19(26)21(22-20(24)27)10-12-23(13-11-21)18(25)17-4-2-3-5-17/h6-9,17H,2-5,10-14H2,1H3,(H,22,27). The minimum atomic E-state index is -0.839. The fraction of sp³-hybridized carbons (Fsp3) is 0.571. The van der Waals surface area contributed by atoms with Gasteiger partial charge in [0, 0.05) is 19.0 Å². The number of rotatable bonds is 3. The largest absolute Gasteiger partial charge is 0.342 e. The summed E-state index contributed by atoms with van der Waals surface area (Å²) in [7, 11) is 0. The molecule has 1 aromatic rings. The number of benzene rings is 1. The van der Waals surface area contributed by atoms with Gasteiger partial charge in [-0.3, -0.25) is 14.5 Å². The zero-order valence-electron chi connectivity index (χ0n) is 15.9. The van der Waals surface area contributed by atoms with Crippen LogP contribution < -0.4 is 5.32 Å². The molecule has 1 spiro atoms. The molecule has 2 heterocycles. The van der Waals surface area contributed by atoms with Gasteiger partial charge < -0.3 is 10.2 Å². The number of urea groups is 1. The first-order valence-corrected chi connectivity index (χ1v) is 9.97. The minimum Gasteiger partial charge on any atom is -0.342 e. The third-order valence-corrected chi connectivity index (χ3v) is 6.34. The molecule has 0 unspecified atom stereocenters. The Bertz CT molecular complexity index is 744. The van der Waals surface area contributed by atoms with Crippen LogP contribution in [0.25, 0.3) is 0 Å². The predicted molar refractivity (Wildman–Crippen MR) is 101 cm³/mol. The van der Waals surface area contributed by atoms with Crippen molar-refractivity contribution in [2.45, 2.75) is 57.5 Å². The van der Waals surface area contributed by atoms with Crippen LogP contribution in [-0.2, 0) is 16.1 Å². The summed E-state index contributed by atoms with van der Waals surface area (Å²) in [5, 5.41) is 2.93. The van der Waals surface area contributed by atoms with E-state index in [1.54, 1.807) is 0 Å². The van der Waals surface area contributed by atoms with Gasteiger partial charge in [-0.25, -0.2) is 4.79 Å². The van der Waals surface area contributed by atoms with Gasteiger partial charge in [0.25, 0.3) is 5.91 Å². The molecule has 4 amide bonds. The van der Waals surface area contributed by atoms with Crippen molar-refractivity contribution in [2.75, 3.05) is 13.1 Å². The molecular formula is C21H27N3O3. The van der Waals surface area contributed by atoms with Crippen molar-refractivity contribution in [3.63, 3.8) is 0 Å². The van der Waals surface area contributed by atoms with E-state index in [-0.39, 0.29) is 30.3 Å². The third kappa shape index (κ3) is 3.33. The normalized spacial score (nSPS) is 22.6. The summed E-state index contributed by atoms with van der Waals surface area (Å²) in [5.74, 6) is 0.239. The zero-order chi connectivity index (χ0) is 19.0. The lowest BCUT2D eigenvalue weighted by Crippen LogP contribution is -2.56. The van der Waals surface area contributed by atoms with Gasteiger partial charge in [0.05, 0.1) is 6.54 Å². The van der Waals surface area contributed by atoms with E-state index < -0.39 is 5.54 Å². The van der Waals surface area contributed by atoms with E-state index in [1.807, 2.05) is 36.1 Å². The van der Waals surface area contributed by atoms with Gasteiger partial charge in [0.15, 0.2) is 0 Å². The number of carbonyl (C=O) groups is 3. The number of hydrogen-bond acceptors (Lipinski definition) is 3. The van der Waals surface area contributed by atoms with Gasteiger partial charge in [-0.2, -0.15) is 0 Å². The molecule has 144 valence electrons. The Morgan fingerprint density at radius 2 is 1.74 bits per heavy atom. The lowest BCUT2D eigenvalue weighted by atomic mass is 9.86. The number of amides is 4. The number of nitrogens with zero attached hydrogens (tertiary/aromatic N) is 2. The van der Waals surface area contributed by atoms with Gasteiger partial charge in [0.2, 0.25) is 5.91 Å². The van der Waals surface area contributed by atoms with Gasteiger partial charge in [0.1, 0.15) is 5.54 Å². The molecule has 0 bridgehead atoms. The minimum absolute atomic E-state index is 0.152. The van der Waals surface area contributed by atoms with Crippen molar-refractivity contribution >= 4 is 17.8 Å². The average molecular weight is 369 g/mol. The lowest BCUT2D eigenvalue weighted by Gasteiger charge is -2.38. The monoisotopic (exact) mass is 369 g/mol. The molecule has 4 rings (SSSR count). The van der Waals surface area contributed by atoms with Crippen LogP contribution in [0.5, 0.6) is 0 Å². The summed E-state index contributed by atoms with van der Waals surface area (Å²) in [6.07, 6.45) is 5.25. The second-order valence-corrected chi connectivity index (χ2v) is 8.20. The molecule has 2 aliphatic heterocycles. The predicted octanol–water partition coefficient (Wildman–Crippen LogP) is 2.60. The maximum atomic E-state index is 13.0. The second kappa shape index (κ2) is 6.98. The zero-order valence-corrected chi connectivity index (χ0v) is 15.9. The van der Waals surface area contributed by atoms with Crippen LogP contribution in [0.4, 0.5) is 4.79 Å². The SMILES string of the molecule is Cc1ccc(CN2C(=O)NC3(CCN(C(=O)C4CCCC4)CC3)C2=O)cc1. The van der Waals surface area contributed by atoms with Gasteiger partial charge in [-0.1, -0.05) is 42.7 Å². The summed E-state index contributed by atoms with van der Waals surface area (Å²) in [6.45, 7) is 3.38. The second-order valence-electron chi connectivity index (χ2n) is 8.20.